The number of rotatable bonds is 2. The van der Waals surface area contributed by atoms with Crippen molar-refractivity contribution < 1.29 is 14.6 Å². The Hall–Kier alpha value is -1.31. The van der Waals surface area contributed by atoms with Gasteiger partial charge in [0.25, 0.3) is 0 Å². The minimum absolute atomic E-state index is 0.221. The topological polar surface area (TPSA) is 84.1 Å². The van der Waals surface area contributed by atoms with Crippen LogP contribution in [0, 0.1) is 5.92 Å². The fourth-order valence-electron chi connectivity index (χ4n) is 2.59. The number of halogens is 2. The summed E-state index contributed by atoms with van der Waals surface area (Å²) >= 11 is 5.90. The second-order valence-electron chi connectivity index (χ2n) is 4.69. The zero-order chi connectivity index (χ0) is 13.6. The van der Waals surface area contributed by atoms with E-state index in [0.717, 1.165) is 0 Å². The molecule has 0 unspecified atom stereocenters. The second-order valence-corrected chi connectivity index (χ2v) is 5.05. The first-order chi connectivity index (χ1) is 9.13. The molecule has 0 spiro atoms. The molecule has 4 atom stereocenters. The van der Waals surface area contributed by atoms with Crippen LogP contribution in [-0.4, -0.2) is 48.6 Å². The molecule has 1 saturated carbocycles. The van der Waals surface area contributed by atoms with Crippen LogP contribution in [0.1, 0.15) is 12.5 Å². The Morgan fingerprint density at radius 3 is 2.79 bits per heavy atom. The predicted molar refractivity (Wildman–Crippen MR) is 65.5 cm³/mol. The Bertz CT molecular complexity index is 607. The van der Waals surface area contributed by atoms with Crippen LogP contribution in [0.3, 0.4) is 0 Å². The molecule has 0 amide bonds. The van der Waals surface area contributed by atoms with Crippen LogP contribution in [0.5, 0.6) is 0 Å². The van der Waals surface area contributed by atoms with Crippen molar-refractivity contribution in [2.45, 2.75) is 24.7 Å². The molecule has 1 aliphatic carbocycles. The molecule has 1 aliphatic rings. The van der Waals surface area contributed by atoms with Crippen molar-refractivity contribution in [2.24, 2.45) is 5.92 Å². The molecule has 2 N–H and O–H groups in total. The number of hydrogen-bond acceptors (Lipinski definition) is 5. The molecule has 2 heterocycles. The van der Waals surface area contributed by atoms with E-state index < -0.39 is 30.8 Å². The summed E-state index contributed by atoms with van der Waals surface area (Å²) in [6.07, 6.45) is 0.975. The fourth-order valence-corrected chi connectivity index (χ4v) is 2.77. The van der Waals surface area contributed by atoms with Gasteiger partial charge < -0.3 is 14.8 Å². The van der Waals surface area contributed by atoms with Crippen molar-refractivity contribution in [2.75, 3.05) is 6.67 Å². The van der Waals surface area contributed by atoms with Gasteiger partial charge in [-0.1, -0.05) is 11.6 Å². The Kier molecular flexibility index (Phi) is 3.12. The number of alkyl halides is 1. The summed E-state index contributed by atoms with van der Waals surface area (Å²) in [6.45, 7) is -0.670. The highest BCUT2D eigenvalue weighted by Crippen LogP contribution is 2.37. The summed E-state index contributed by atoms with van der Waals surface area (Å²) in [5, 5.41) is 20.0. The highest BCUT2D eigenvalue weighted by molar-refractivity contribution is 6.33. The third-order valence-corrected chi connectivity index (χ3v) is 3.92. The lowest BCUT2D eigenvalue weighted by Gasteiger charge is -2.18. The Balaban J connectivity index is 2.04. The predicted octanol–water partition coefficient (Wildman–Crippen LogP) is 0.732. The van der Waals surface area contributed by atoms with Crippen LogP contribution >= 0.6 is 11.6 Å². The van der Waals surface area contributed by atoms with Gasteiger partial charge in [-0.15, -0.1) is 0 Å². The lowest BCUT2D eigenvalue weighted by molar-refractivity contribution is 0.00271. The molecular weight excluding hydrogens is 275 g/mol. The summed E-state index contributed by atoms with van der Waals surface area (Å²) in [5.74, 6) is -0.574. The summed E-state index contributed by atoms with van der Waals surface area (Å²) in [4.78, 5) is 12.0. The molecule has 8 heteroatoms. The van der Waals surface area contributed by atoms with Gasteiger partial charge in [0, 0.05) is 5.92 Å². The van der Waals surface area contributed by atoms with E-state index in [1.54, 1.807) is 4.57 Å². The number of imidazole rings is 1. The van der Waals surface area contributed by atoms with E-state index in [4.69, 9.17) is 11.6 Å². The van der Waals surface area contributed by atoms with Gasteiger partial charge in [-0.05, 0) is 6.42 Å². The van der Waals surface area contributed by atoms with Crippen LogP contribution in [-0.2, 0) is 0 Å². The van der Waals surface area contributed by atoms with Gasteiger partial charge in [-0.3, -0.25) is 4.39 Å². The molecule has 2 aromatic heterocycles. The van der Waals surface area contributed by atoms with Crippen LogP contribution in [0.4, 0.5) is 4.39 Å². The van der Waals surface area contributed by atoms with E-state index in [9.17, 15) is 14.6 Å². The van der Waals surface area contributed by atoms with Crippen LogP contribution in [0.2, 0.25) is 5.15 Å². The Labute approximate surface area is 112 Å². The van der Waals surface area contributed by atoms with Crippen molar-refractivity contribution in [1.29, 1.82) is 0 Å². The normalized spacial score (nSPS) is 31.2. The van der Waals surface area contributed by atoms with Crippen molar-refractivity contribution in [3.63, 3.8) is 0 Å². The smallest absolute Gasteiger partial charge is 0.165 e. The molecule has 0 radical (unpaired) electrons. The molecule has 2 aromatic rings. The van der Waals surface area contributed by atoms with Gasteiger partial charge in [-0.25, -0.2) is 15.0 Å². The lowest BCUT2D eigenvalue weighted by atomic mass is 10.1. The molecule has 0 saturated heterocycles. The minimum Gasteiger partial charge on any atom is -0.390 e. The maximum absolute atomic E-state index is 12.8. The highest BCUT2D eigenvalue weighted by Gasteiger charge is 2.42. The summed E-state index contributed by atoms with van der Waals surface area (Å²) in [5.41, 5.74) is 0.894. The van der Waals surface area contributed by atoms with E-state index in [-0.39, 0.29) is 5.15 Å². The van der Waals surface area contributed by atoms with E-state index in [0.29, 0.717) is 17.6 Å². The zero-order valence-electron chi connectivity index (χ0n) is 9.82. The van der Waals surface area contributed by atoms with Crippen LogP contribution < -0.4 is 0 Å². The van der Waals surface area contributed by atoms with Crippen molar-refractivity contribution in [3.8, 4) is 0 Å². The first-order valence-corrected chi connectivity index (χ1v) is 6.26. The Morgan fingerprint density at radius 2 is 2.11 bits per heavy atom. The number of aliphatic hydroxyl groups excluding tert-OH is 2. The third-order valence-electron chi connectivity index (χ3n) is 3.64. The van der Waals surface area contributed by atoms with Crippen molar-refractivity contribution in [1.82, 2.24) is 19.5 Å². The number of nitrogens with zero attached hydrogens (tertiary/aromatic N) is 4. The molecule has 0 aromatic carbocycles. The highest BCUT2D eigenvalue weighted by atomic mass is 35.5. The second kappa shape index (κ2) is 4.66. The molecule has 0 bridgehead atoms. The van der Waals surface area contributed by atoms with E-state index >= 15 is 0 Å². The molecule has 3 rings (SSSR count). The van der Waals surface area contributed by atoms with Crippen molar-refractivity contribution >= 4 is 22.8 Å². The molecule has 6 nitrogen and oxygen atoms in total. The average molecular weight is 287 g/mol. The maximum Gasteiger partial charge on any atom is 0.165 e. The van der Waals surface area contributed by atoms with Crippen LogP contribution in [0.15, 0.2) is 12.7 Å². The molecular formula is C11H12ClFN4O2. The Morgan fingerprint density at radius 1 is 1.32 bits per heavy atom. The summed E-state index contributed by atoms with van der Waals surface area (Å²) in [7, 11) is 0. The number of aromatic nitrogens is 4. The molecule has 1 fully saturated rings. The number of aliphatic hydroxyl groups is 2. The van der Waals surface area contributed by atoms with Gasteiger partial charge in [0.2, 0.25) is 0 Å². The minimum atomic E-state index is -1.08. The fraction of sp³-hybridized carbons (Fsp3) is 0.545. The third kappa shape index (κ3) is 1.89. The summed E-state index contributed by atoms with van der Waals surface area (Å²) in [6, 6.07) is -0.466. The van der Waals surface area contributed by atoms with E-state index in [1.165, 1.54) is 12.7 Å². The number of fused-ring (bicyclic) bond motifs is 1. The van der Waals surface area contributed by atoms with E-state index in [1.807, 2.05) is 0 Å². The first kappa shape index (κ1) is 12.7. The quantitative estimate of drug-likeness (QED) is 0.795. The van der Waals surface area contributed by atoms with Gasteiger partial charge in [-0.2, -0.15) is 0 Å². The monoisotopic (exact) mass is 286 g/mol. The average Bonchev–Trinajstić information content (AvgIpc) is 2.94. The van der Waals surface area contributed by atoms with Crippen molar-refractivity contribution in [3.05, 3.63) is 17.8 Å². The molecule has 102 valence electrons. The molecule has 0 aliphatic heterocycles. The van der Waals surface area contributed by atoms with E-state index in [2.05, 4.69) is 15.0 Å². The van der Waals surface area contributed by atoms with Gasteiger partial charge in [0.05, 0.1) is 25.1 Å². The first-order valence-electron chi connectivity index (χ1n) is 5.88. The molecule has 19 heavy (non-hydrogen) atoms. The largest absolute Gasteiger partial charge is 0.390 e. The number of hydrogen-bond donors (Lipinski definition) is 2. The standard InChI is InChI=1S/C11H12ClFN4O2/c12-10-7-11(15-3-14-10)17(4-16-7)6-1-5(2-13)8(18)9(6)19/h3-6,8-9,18-19H,1-2H2/t5-,6+,8+,9-/m0/s1. The SMILES string of the molecule is O[C@@H]1[C@H](CF)C[C@@H](n2cnc3c(Cl)ncnc32)[C@@H]1O. The van der Waals surface area contributed by atoms with Gasteiger partial charge in [0.1, 0.15) is 17.9 Å². The maximum atomic E-state index is 12.8. The van der Waals surface area contributed by atoms with Gasteiger partial charge in [0.15, 0.2) is 10.8 Å². The summed E-state index contributed by atoms with van der Waals surface area (Å²) < 4.78 is 14.4. The van der Waals surface area contributed by atoms with Crippen LogP contribution in [0.25, 0.3) is 11.2 Å². The van der Waals surface area contributed by atoms with Gasteiger partial charge >= 0.3 is 0 Å². The lowest BCUT2D eigenvalue weighted by Crippen LogP contribution is -2.29. The zero-order valence-corrected chi connectivity index (χ0v) is 10.6.